The topological polar surface area (TPSA) is 89.5 Å². The monoisotopic (exact) mass is 313 g/mol. The van der Waals surface area contributed by atoms with Crippen LogP contribution in [0.5, 0.6) is 0 Å². The molecule has 2 heterocycles. The summed E-state index contributed by atoms with van der Waals surface area (Å²) in [6.45, 7) is 5.06. The molecule has 1 aromatic heterocycles. The maximum absolute atomic E-state index is 12.6. The van der Waals surface area contributed by atoms with Gasteiger partial charge in [-0.15, -0.1) is 0 Å². The zero-order valence-electron chi connectivity index (χ0n) is 12.3. The fourth-order valence-electron chi connectivity index (χ4n) is 2.25. The molecule has 0 spiro atoms. The van der Waals surface area contributed by atoms with Crippen molar-refractivity contribution in [2.45, 2.75) is 25.3 Å². The lowest BCUT2D eigenvalue weighted by atomic mass is 9.90. The van der Waals surface area contributed by atoms with Crippen LogP contribution in [0.15, 0.2) is 17.4 Å². The zero-order chi connectivity index (χ0) is 15.6. The van der Waals surface area contributed by atoms with Gasteiger partial charge in [-0.25, -0.2) is 18.2 Å². The number of methoxy groups -OCH3 is 1. The molecule has 8 heteroatoms. The third kappa shape index (κ3) is 3.21. The van der Waals surface area contributed by atoms with E-state index >= 15 is 0 Å². The van der Waals surface area contributed by atoms with Gasteiger partial charge in [-0.05, 0) is 18.3 Å². The SMILES string of the molecule is COC(=O)c1cncc(S(=O)(=O)N2CCC(C)C(C)C2)n1. The quantitative estimate of drug-likeness (QED) is 0.771. The van der Waals surface area contributed by atoms with Gasteiger partial charge in [0.15, 0.2) is 10.7 Å². The molecule has 0 aromatic carbocycles. The number of hydrogen-bond acceptors (Lipinski definition) is 6. The number of ether oxygens (including phenoxy) is 1. The Kier molecular flexibility index (Phi) is 4.58. The number of piperidine rings is 1. The molecule has 1 saturated heterocycles. The molecule has 0 amide bonds. The summed E-state index contributed by atoms with van der Waals surface area (Å²) in [6, 6.07) is 0. The van der Waals surface area contributed by atoms with E-state index in [2.05, 4.69) is 21.6 Å². The van der Waals surface area contributed by atoms with Gasteiger partial charge in [0.1, 0.15) is 0 Å². The number of nitrogens with zero attached hydrogens (tertiary/aromatic N) is 3. The maximum atomic E-state index is 12.6. The van der Waals surface area contributed by atoms with Crippen LogP contribution in [-0.4, -0.2) is 48.9 Å². The van der Waals surface area contributed by atoms with Crippen molar-refractivity contribution in [3.05, 3.63) is 18.1 Å². The molecule has 0 bridgehead atoms. The minimum Gasteiger partial charge on any atom is -0.464 e. The highest BCUT2D eigenvalue weighted by molar-refractivity contribution is 7.89. The number of carbonyl (C=O) groups is 1. The van der Waals surface area contributed by atoms with Crippen LogP contribution < -0.4 is 0 Å². The number of carbonyl (C=O) groups excluding carboxylic acids is 1. The highest BCUT2D eigenvalue weighted by Gasteiger charge is 2.33. The molecule has 2 atom stereocenters. The maximum Gasteiger partial charge on any atom is 0.358 e. The largest absolute Gasteiger partial charge is 0.464 e. The molecule has 0 saturated carbocycles. The number of aromatic nitrogens is 2. The molecule has 2 rings (SSSR count). The van der Waals surface area contributed by atoms with Gasteiger partial charge in [0, 0.05) is 13.1 Å². The van der Waals surface area contributed by atoms with Crippen LogP contribution in [-0.2, 0) is 14.8 Å². The standard InChI is InChI=1S/C13H19N3O4S/c1-9-4-5-16(8-10(9)2)21(18,19)12-7-14-6-11(15-12)13(17)20-3/h6-7,9-10H,4-5,8H2,1-3H3. The minimum absolute atomic E-state index is 0.114. The van der Waals surface area contributed by atoms with Gasteiger partial charge >= 0.3 is 5.97 Å². The first-order chi connectivity index (χ1) is 9.86. The van der Waals surface area contributed by atoms with Gasteiger partial charge in [-0.2, -0.15) is 4.31 Å². The molecule has 0 radical (unpaired) electrons. The second-order valence-electron chi connectivity index (χ2n) is 5.34. The van der Waals surface area contributed by atoms with E-state index in [-0.39, 0.29) is 16.6 Å². The molecule has 1 aromatic rings. The van der Waals surface area contributed by atoms with E-state index in [4.69, 9.17) is 0 Å². The van der Waals surface area contributed by atoms with E-state index in [9.17, 15) is 13.2 Å². The van der Waals surface area contributed by atoms with E-state index in [1.54, 1.807) is 0 Å². The molecular formula is C13H19N3O4S. The molecule has 7 nitrogen and oxygen atoms in total. The fourth-order valence-corrected chi connectivity index (χ4v) is 3.70. The summed E-state index contributed by atoms with van der Waals surface area (Å²) in [6.07, 6.45) is 3.15. The molecule has 0 aliphatic carbocycles. The van der Waals surface area contributed by atoms with Crippen molar-refractivity contribution in [3.63, 3.8) is 0 Å². The Hall–Kier alpha value is -1.54. The molecule has 116 valence electrons. The van der Waals surface area contributed by atoms with Gasteiger partial charge in [0.25, 0.3) is 10.0 Å². The fraction of sp³-hybridized carbons (Fsp3) is 0.615. The second-order valence-corrected chi connectivity index (χ2v) is 7.23. The van der Waals surface area contributed by atoms with Crippen molar-refractivity contribution in [1.29, 1.82) is 0 Å². The van der Waals surface area contributed by atoms with Gasteiger partial charge in [-0.1, -0.05) is 13.8 Å². The summed E-state index contributed by atoms with van der Waals surface area (Å²) in [5.41, 5.74) is -0.114. The van der Waals surface area contributed by atoms with Crippen LogP contribution in [0.4, 0.5) is 0 Å². The van der Waals surface area contributed by atoms with Crippen molar-refractivity contribution in [1.82, 2.24) is 14.3 Å². The van der Waals surface area contributed by atoms with E-state index in [0.29, 0.717) is 19.0 Å². The first-order valence-corrected chi connectivity index (χ1v) is 8.20. The van der Waals surface area contributed by atoms with Crippen molar-refractivity contribution in [3.8, 4) is 0 Å². The Morgan fingerprint density at radius 3 is 2.67 bits per heavy atom. The van der Waals surface area contributed by atoms with Gasteiger partial charge in [-0.3, -0.25) is 4.98 Å². The average molecular weight is 313 g/mol. The average Bonchev–Trinajstić information content (AvgIpc) is 2.49. The molecule has 2 unspecified atom stereocenters. The van der Waals surface area contributed by atoms with E-state index in [1.165, 1.54) is 17.6 Å². The number of rotatable bonds is 3. The lowest BCUT2D eigenvalue weighted by molar-refractivity contribution is 0.0592. The van der Waals surface area contributed by atoms with Crippen LogP contribution in [0, 0.1) is 11.8 Å². The Bertz CT molecular complexity index is 632. The van der Waals surface area contributed by atoms with Crippen LogP contribution >= 0.6 is 0 Å². The van der Waals surface area contributed by atoms with Crippen LogP contribution in [0.1, 0.15) is 30.8 Å². The molecule has 21 heavy (non-hydrogen) atoms. The lowest BCUT2D eigenvalue weighted by Gasteiger charge is -2.34. The summed E-state index contributed by atoms with van der Waals surface area (Å²) < 4.78 is 31.1. The summed E-state index contributed by atoms with van der Waals surface area (Å²) in [4.78, 5) is 19.1. The highest BCUT2D eigenvalue weighted by atomic mass is 32.2. The van der Waals surface area contributed by atoms with Crippen LogP contribution in [0.25, 0.3) is 0 Å². The normalized spacial score (nSPS) is 23.8. The van der Waals surface area contributed by atoms with E-state index in [1.807, 2.05) is 6.92 Å². The van der Waals surface area contributed by atoms with Crippen LogP contribution in [0.2, 0.25) is 0 Å². The first kappa shape index (κ1) is 15.8. The summed E-state index contributed by atoms with van der Waals surface area (Å²) in [5, 5.41) is -0.216. The number of esters is 1. The number of hydrogen-bond donors (Lipinski definition) is 0. The van der Waals surface area contributed by atoms with E-state index < -0.39 is 16.0 Å². The summed E-state index contributed by atoms with van der Waals surface area (Å²) in [7, 11) is -2.52. The van der Waals surface area contributed by atoms with Gasteiger partial charge < -0.3 is 4.74 Å². The summed E-state index contributed by atoms with van der Waals surface area (Å²) >= 11 is 0. The third-order valence-corrected chi connectivity index (χ3v) is 5.64. The van der Waals surface area contributed by atoms with Gasteiger partial charge in [0.05, 0.1) is 19.5 Å². The predicted octanol–water partition coefficient (Wildman–Crippen LogP) is 0.930. The van der Waals surface area contributed by atoms with Crippen molar-refractivity contribution >= 4 is 16.0 Å². The second kappa shape index (κ2) is 6.07. The lowest BCUT2D eigenvalue weighted by Crippen LogP contribution is -2.42. The summed E-state index contributed by atoms with van der Waals surface area (Å²) in [5.74, 6) is 0.0643. The molecular weight excluding hydrogens is 294 g/mol. The minimum atomic E-state index is -3.73. The highest BCUT2D eigenvalue weighted by Crippen LogP contribution is 2.26. The van der Waals surface area contributed by atoms with Crippen molar-refractivity contribution in [2.75, 3.05) is 20.2 Å². The Labute approximate surface area is 124 Å². The molecule has 1 aliphatic heterocycles. The molecule has 0 N–H and O–H groups in total. The van der Waals surface area contributed by atoms with Crippen LogP contribution in [0.3, 0.4) is 0 Å². The molecule has 1 aliphatic rings. The smallest absolute Gasteiger partial charge is 0.358 e. The Balaban J connectivity index is 2.30. The molecule has 1 fully saturated rings. The Morgan fingerprint density at radius 1 is 1.33 bits per heavy atom. The third-order valence-electron chi connectivity index (χ3n) is 3.91. The predicted molar refractivity (Wildman–Crippen MR) is 75.1 cm³/mol. The van der Waals surface area contributed by atoms with Crippen molar-refractivity contribution < 1.29 is 17.9 Å². The van der Waals surface area contributed by atoms with E-state index in [0.717, 1.165) is 12.6 Å². The zero-order valence-corrected chi connectivity index (χ0v) is 13.1. The Morgan fingerprint density at radius 2 is 2.05 bits per heavy atom. The first-order valence-electron chi connectivity index (χ1n) is 6.76. The number of sulfonamides is 1. The van der Waals surface area contributed by atoms with Gasteiger partial charge in [0.2, 0.25) is 0 Å². The van der Waals surface area contributed by atoms with Crippen molar-refractivity contribution in [2.24, 2.45) is 11.8 Å².